The normalized spacial score (nSPS) is 10.3. The van der Waals surface area contributed by atoms with Crippen molar-refractivity contribution >= 4 is 23.4 Å². The van der Waals surface area contributed by atoms with Crippen LogP contribution in [0.15, 0.2) is 40.4 Å². The molecule has 6 heteroatoms. The fourth-order valence-corrected chi connectivity index (χ4v) is 2.35. The highest BCUT2D eigenvalue weighted by Gasteiger charge is 2.06. The van der Waals surface area contributed by atoms with Gasteiger partial charge in [-0.25, -0.2) is 4.98 Å². The zero-order valence-corrected chi connectivity index (χ0v) is 12.1. The number of nitrogens with one attached hydrogen (secondary N) is 2. The molecule has 20 heavy (non-hydrogen) atoms. The smallest absolute Gasteiger partial charge is 0.251 e. The fourth-order valence-electron chi connectivity index (χ4n) is 1.70. The number of aromatic amines is 1. The number of aryl methyl sites for hydroxylation is 2. The summed E-state index contributed by atoms with van der Waals surface area (Å²) in [6, 6.07) is 7.18. The molecule has 0 unspecified atom stereocenters. The topological polar surface area (TPSA) is 74.8 Å². The summed E-state index contributed by atoms with van der Waals surface area (Å²) < 4.78 is 0. The number of rotatable bonds is 4. The maximum atomic E-state index is 11.9. The van der Waals surface area contributed by atoms with Crippen molar-refractivity contribution in [2.45, 2.75) is 19.0 Å². The van der Waals surface area contributed by atoms with E-state index in [2.05, 4.69) is 15.3 Å². The average molecular weight is 289 g/mol. The Hall–Kier alpha value is -2.08. The molecule has 1 amide bonds. The predicted molar refractivity (Wildman–Crippen MR) is 80.1 cm³/mol. The van der Waals surface area contributed by atoms with Gasteiger partial charge >= 0.3 is 0 Å². The molecule has 0 aliphatic carbocycles. The Morgan fingerprint density at radius 1 is 1.35 bits per heavy atom. The molecule has 0 saturated carbocycles. The number of hydrogen-bond donors (Lipinski definition) is 2. The average Bonchev–Trinajstić information content (AvgIpc) is 2.40. The van der Waals surface area contributed by atoms with E-state index >= 15 is 0 Å². The molecule has 0 aliphatic heterocycles. The molecular weight excluding hydrogens is 274 g/mol. The summed E-state index contributed by atoms with van der Waals surface area (Å²) in [4.78, 5) is 29.5. The van der Waals surface area contributed by atoms with Crippen LogP contribution in [-0.2, 0) is 4.79 Å². The van der Waals surface area contributed by atoms with Crippen LogP contribution in [0.5, 0.6) is 0 Å². The standard InChI is InChI=1S/C14H15N3O2S/c1-9-3-4-11(10(2)7-9)16-13(19)8-20-14-15-6-5-12(18)17-14/h3-7H,8H2,1-2H3,(H,16,19)(H,15,17,18). The molecule has 1 aromatic heterocycles. The Bertz CT molecular complexity index is 682. The number of aromatic nitrogens is 2. The SMILES string of the molecule is Cc1ccc(NC(=O)CSc2nccc(=O)[nH]2)c(C)c1. The number of nitrogens with zero attached hydrogens (tertiary/aromatic N) is 1. The van der Waals surface area contributed by atoms with Crippen LogP contribution in [0.2, 0.25) is 0 Å². The minimum Gasteiger partial charge on any atom is -0.325 e. The van der Waals surface area contributed by atoms with Gasteiger partial charge in [-0.3, -0.25) is 9.59 Å². The van der Waals surface area contributed by atoms with Crippen molar-refractivity contribution in [2.24, 2.45) is 0 Å². The molecule has 2 rings (SSSR count). The van der Waals surface area contributed by atoms with Crippen LogP contribution in [0, 0.1) is 13.8 Å². The van der Waals surface area contributed by atoms with Gasteiger partial charge in [0.1, 0.15) is 0 Å². The number of benzene rings is 1. The Kier molecular flexibility index (Phi) is 4.57. The third-order valence-electron chi connectivity index (χ3n) is 2.64. The first-order chi connectivity index (χ1) is 9.54. The summed E-state index contributed by atoms with van der Waals surface area (Å²) in [6.07, 6.45) is 1.42. The lowest BCUT2D eigenvalue weighted by Crippen LogP contribution is -2.15. The first-order valence-electron chi connectivity index (χ1n) is 6.10. The molecule has 0 fully saturated rings. The zero-order chi connectivity index (χ0) is 14.5. The van der Waals surface area contributed by atoms with E-state index in [-0.39, 0.29) is 17.2 Å². The molecule has 104 valence electrons. The summed E-state index contributed by atoms with van der Waals surface area (Å²) in [5.41, 5.74) is 2.75. The van der Waals surface area contributed by atoms with E-state index in [4.69, 9.17) is 0 Å². The molecule has 2 N–H and O–H groups in total. The summed E-state index contributed by atoms with van der Waals surface area (Å²) >= 11 is 1.19. The summed E-state index contributed by atoms with van der Waals surface area (Å²) in [6.45, 7) is 3.96. The highest BCUT2D eigenvalue weighted by atomic mass is 32.2. The number of H-pyrrole nitrogens is 1. The lowest BCUT2D eigenvalue weighted by Gasteiger charge is -2.08. The van der Waals surface area contributed by atoms with Gasteiger partial charge in [0.2, 0.25) is 5.91 Å². The second-order valence-corrected chi connectivity index (χ2v) is 5.36. The summed E-state index contributed by atoms with van der Waals surface area (Å²) in [5.74, 6) is 0.0637. The lowest BCUT2D eigenvalue weighted by atomic mass is 10.1. The molecular formula is C14H15N3O2S. The van der Waals surface area contributed by atoms with Crippen LogP contribution in [0.1, 0.15) is 11.1 Å². The van der Waals surface area contributed by atoms with Crippen molar-refractivity contribution in [3.8, 4) is 0 Å². The van der Waals surface area contributed by atoms with Crippen molar-refractivity contribution < 1.29 is 4.79 Å². The van der Waals surface area contributed by atoms with Gasteiger partial charge in [-0.2, -0.15) is 0 Å². The van der Waals surface area contributed by atoms with Crippen molar-refractivity contribution in [3.63, 3.8) is 0 Å². The second kappa shape index (κ2) is 6.38. The Balaban J connectivity index is 1.94. The van der Waals surface area contributed by atoms with Gasteiger partial charge in [0.25, 0.3) is 5.56 Å². The third-order valence-corrected chi connectivity index (χ3v) is 3.53. The van der Waals surface area contributed by atoms with Gasteiger partial charge in [-0.05, 0) is 25.5 Å². The number of carbonyl (C=O) groups excluding carboxylic acids is 1. The van der Waals surface area contributed by atoms with Gasteiger partial charge in [-0.1, -0.05) is 29.5 Å². The number of anilines is 1. The molecule has 1 aromatic carbocycles. The van der Waals surface area contributed by atoms with Crippen LogP contribution in [0.3, 0.4) is 0 Å². The zero-order valence-electron chi connectivity index (χ0n) is 11.3. The molecule has 2 aromatic rings. The van der Waals surface area contributed by atoms with Crippen LogP contribution in [0.4, 0.5) is 5.69 Å². The minimum atomic E-state index is -0.225. The largest absolute Gasteiger partial charge is 0.325 e. The molecule has 0 radical (unpaired) electrons. The second-order valence-electron chi connectivity index (χ2n) is 4.39. The predicted octanol–water partition coefficient (Wildman–Crippen LogP) is 2.12. The van der Waals surface area contributed by atoms with Gasteiger partial charge < -0.3 is 10.3 Å². The highest BCUT2D eigenvalue weighted by molar-refractivity contribution is 7.99. The highest BCUT2D eigenvalue weighted by Crippen LogP contribution is 2.17. The quantitative estimate of drug-likeness (QED) is 0.668. The van der Waals surface area contributed by atoms with E-state index in [9.17, 15) is 9.59 Å². The molecule has 5 nitrogen and oxygen atoms in total. The number of amides is 1. The van der Waals surface area contributed by atoms with Crippen molar-refractivity contribution in [1.29, 1.82) is 0 Å². The van der Waals surface area contributed by atoms with Crippen molar-refractivity contribution in [2.75, 3.05) is 11.1 Å². The molecule has 1 heterocycles. The van der Waals surface area contributed by atoms with E-state index in [1.54, 1.807) is 0 Å². The van der Waals surface area contributed by atoms with Gasteiger partial charge in [0.05, 0.1) is 5.75 Å². The van der Waals surface area contributed by atoms with E-state index < -0.39 is 0 Å². The molecule has 0 atom stereocenters. The first kappa shape index (κ1) is 14.3. The first-order valence-corrected chi connectivity index (χ1v) is 7.08. The molecule has 0 bridgehead atoms. The Labute approximate surface area is 120 Å². The number of carbonyl (C=O) groups is 1. The lowest BCUT2D eigenvalue weighted by molar-refractivity contribution is -0.113. The van der Waals surface area contributed by atoms with E-state index in [0.717, 1.165) is 16.8 Å². The van der Waals surface area contributed by atoms with Crippen molar-refractivity contribution in [1.82, 2.24) is 9.97 Å². The van der Waals surface area contributed by atoms with Gasteiger partial charge in [0, 0.05) is 18.0 Å². The summed E-state index contributed by atoms with van der Waals surface area (Å²) in [7, 11) is 0. The summed E-state index contributed by atoms with van der Waals surface area (Å²) in [5, 5.41) is 3.28. The van der Waals surface area contributed by atoms with Gasteiger partial charge in [-0.15, -0.1) is 0 Å². The minimum absolute atomic E-state index is 0.131. The Morgan fingerprint density at radius 3 is 2.85 bits per heavy atom. The molecule has 0 aliphatic rings. The Morgan fingerprint density at radius 2 is 2.15 bits per heavy atom. The van der Waals surface area contributed by atoms with Gasteiger partial charge in [0.15, 0.2) is 5.16 Å². The fraction of sp³-hybridized carbons (Fsp3) is 0.214. The maximum Gasteiger partial charge on any atom is 0.251 e. The molecule has 0 saturated heterocycles. The van der Waals surface area contributed by atoms with E-state index in [1.807, 2.05) is 32.0 Å². The van der Waals surface area contributed by atoms with Crippen LogP contribution >= 0.6 is 11.8 Å². The monoisotopic (exact) mass is 289 g/mol. The molecule has 0 spiro atoms. The van der Waals surface area contributed by atoms with Crippen LogP contribution in [0.25, 0.3) is 0 Å². The maximum absolute atomic E-state index is 11.9. The number of thioether (sulfide) groups is 1. The van der Waals surface area contributed by atoms with Crippen LogP contribution < -0.4 is 10.9 Å². The van der Waals surface area contributed by atoms with Crippen molar-refractivity contribution in [3.05, 3.63) is 51.9 Å². The van der Waals surface area contributed by atoms with E-state index in [0.29, 0.717) is 5.16 Å². The third kappa shape index (κ3) is 3.96. The number of hydrogen-bond acceptors (Lipinski definition) is 4. The van der Waals surface area contributed by atoms with E-state index in [1.165, 1.54) is 24.0 Å². The van der Waals surface area contributed by atoms with Crippen LogP contribution in [-0.4, -0.2) is 21.6 Å².